The fraction of sp³-hybridized carbons (Fsp3) is 0.632. The first kappa shape index (κ1) is 32.7. The van der Waals surface area contributed by atoms with Crippen LogP contribution in [0.1, 0.15) is 68.9 Å². The minimum atomic E-state index is -0.594. The van der Waals surface area contributed by atoms with Crippen LogP contribution in [0.15, 0.2) is 42.7 Å². The topological polar surface area (TPSA) is 123 Å². The summed E-state index contributed by atoms with van der Waals surface area (Å²) in [6, 6.07) is 6.06. The molecule has 2 N–H and O–H groups in total. The van der Waals surface area contributed by atoms with E-state index in [1.807, 2.05) is 18.2 Å². The quantitative estimate of drug-likeness (QED) is 0.269. The maximum absolute atomic E-state index is 12.5. The molecule has 3 saturated heterocycles. The number of phenolic OH excluding ortho intramolecular Hbond substituents is 1. The molecule has 4 aliphatic heterocycles. The molecule has 11 heteroatoms. The molecule has 4 fully saturated rings. The van der Waals surface area contributed by atoms with Crippen LogP contribution in [0.25, 0.3) is 0 Å². The standard InChI is InChI=1S/C21H31N5O2.C17H19NO3/c27-18-16-21(6-1-2-7-21)17-19(28)26(18)11-4-3-10-24-12-14-25(15-13-24)20-22-8-5-9-23-20;1-18-7-6-17-10-3-5-13(20)16(17)21-15-12(19)4-2-9(14(15)17)8-11(10)18/h5,8-9H,1-4,6-7,10-17H2;2-5,10-11,13,16,19-20H,6-8H2,1H3/t;10-,11+,13-,16-,17-/m.0/s1. The van der Waals surface area contributed by atoms with Crippen molar-refractivity contribution in [3.63, 3.8) is 0 Å². The Balaban J connectivity index is 0.000000147. The number of aromatic hydroxyl groups is 1. The fourth-order valence-corrected chi connectivity index (χ4v) is 10.2. The second kappa shape index (κ2) is 13.0. The third-order valence-corrected chi connectivity index (χ3v) is 12.8. The predicted octanol–water partition coefficient (Wildman–Crippen LogP) is 3.29. The second-order valence-electron chi connectivity index (χ2n) is 15.5. The van der Waals surface area contributed by atoms with Gasteiger partial charge >= 0.3 is 0 Å². The molecule has 2 aromatic rings. The molecule has 2 bridgehead atoms. The zero-order valence-corrected chi connectivity index (χ0v) is 28.7. The minimum absolute atomic E-state index is 0.00676. The largest absolute Gasteiger partial charge is 0.504 e. The van der Waals surface area contributed by atoms with Gasteiger partial charge in [-0.05, 0) is 81.8 Å². The molecule has 1 saturated carbocycles. The highest BCUT2D eigenvalue weighted by atomic mass is 16.5. The molecule has 262 valence electrons. The van der Waals surface area contributed by atoms with Crippen molar-refractivity contribution < 1.29 is 24.5 Å². The Hall–Kier alpha value is -3.54. The molecule has 0 radical (unpaired) electrons. The third kappa shape index (κ3) is 5.71. The number of phenols is 1. The van der Waals surface area contributed by atoms with E-state index in [1.54, 1.807) is 18.5 Å². The van der Waals surface area contributed by atoms with Crippen LogP contribution in [0, 0.1) is 11.3 Å². The fourth-order valence-electron chi connectivity index (χ4n) is 10.2. The molecular formula is C38H50N6O5. The number of hydrogen-bond acceptors (Lipinski definition) is 10. The monoisotopic (exact) mass is 670 g/mol. The van der Waals surface area contributed by atoms with E-state index in [0.717, 1.165) is 83.7 Å². The number of imide groups is 1. The average Bonchev–Trinajstić information content (AvgIpc) is 3.71. The Bertz CT molecular complexity index is 1570. The normalized spacial score (nSPS) is 31.4. The number of unbranched alkanes of at least 4 members (excludes halogenated alkanes) is 1. The van der Waals surface area contributed by atoms with Gasteiger partial charge in [0, 0.05) is 80.9 Å². The highest BCUT2D eigenvalue weighted by Crippen LogP contribution is 2.62. The summed E-state index contributed by atoms with van der Waals surface area (Å²) in [5.41, 5.74) is 2.30. The van der Waals surface area contributed by atoms with Crippen molar-refractivity contribution in [2.75, 3.05) is 57.8 Å². The zero-order chi connectivity index (χ0) is 33.8. The number of amides is 2. The summed E-state index contributed by atoms with van der Waals surface area (Å²) in [7, 11) is 2.19. The molecule has 49 heavy (non-hydrogen) atoms. The molecule has 1 aromatic carbocycles. The number of likely N-dealkylation sites (tertiary alicyclic amines) is 2. The zero-order valence-electron chi connectivity index (χ0n) is 28.7. The maximum atomic E-state index is 12.5. The van der Waals surface area contributed by atoms with Crippen LogP contribution in [0.3, 0.4) is 0 Å². The van der Waals surface area contributed by atoms with Crippen molar-refractivity contribution in [3.05, 3.63) is 53.9 Å². The van der Waals surface area contributed by atoms with Crippen molar-refractivity contribution in [1.29, 1.82) is 0 Å². The number of piperidine rings is 2. The molecular weight excluding hydrogens is 620 g/mol. The maximum Gasteiger partial charge on any atom is 0.229 e. The van der Waals surface area contributed by atoms with E-state index in [9.17, 15) is 19.8 Å². The summed E-state index contributed by atoms with van der Waals surface area (Å²) in [6.45, 7) is 6.50. The van der Waals surface area contributed by atoms with Gasteiger partial charge in [-0.25, -0.2) is 9.97 Å². The molecule has 1 aromatic heterocycles. The van der Waals surface area contributed by atoms with Crippen LogP contribution in [0.2, 0.25) is 0 Å². The first-order valence-electron chi connectivity index (χ1n) is 18.4. The van der Waals surface area contributed by atoms with E-state index in [2.05, 4.69) is 37.8 Å². The number of carbonyl (C=O) groups is 2. The Morgan fingerprint density at radius 3 is 2.37 bits per heavy atom. The van der Waals surface area contributed by atoms with Gasteiger partial charge in [0.1, 0.15) is 12.2 Å². The summed E-state index contributed by atoms with van der Waals surface area (Å²) in [5.74, 6) is 2.13. The number of anilines is 1. The number of carbonyl (C=O) groups excluding carboxylic acids is 2. The lowest BCUT2D eigenvalue weighted by atomic mass is 9.53. The number of rotatable bonds is 6. The summed E-state index contributed by atoms with van der Waals surface area (Å²) in [4.78, 5) is 42.3. The van der Waals surface area contributed by atoms with Gasteiger partial charge in [-0.15, -0.1) is 0 Å². The lowest BCUT2D eigenvalue weighted by molar-refractivity contribution is -0.153. The van der Waals surface area contributed by atoms with Crippen molar-refractivity contribution in [1.82, 2.24) is 24.7 Å². The molecule has 5 atom stereocenters. The van der Waals surface area contributed by atoms with Crippen LogP contribution >= 0.6 is 0 Å². The van der Waals surface area contributed by atoms with Gasteiger partial charge in [0.15, 0.2) is 11.5 Å². The Labute approximate surface area is 288 Å². The molecule has 2 spiro atoms. The number of hydrogen-bond donors (Lipinski definition) is 2. The van der Waals surface area contributed by atoms with Crippen LogP contribution in [-0.2, 0) is 21.4 Å². The number of aromatic nitrogens is 2. The van der Waals surface area contributed by atoms with Gasteiger partial charge in [0.05, 0.1) is 0 Å². The number of likely N-dealkylation sites (N-methyl/N-ethyl adjacent to an activating group) is 1. The van der Waals surface area contributed by atoms with Crippen molar-refractivity contribution in [2.24, 2.45) is 11.3 Å². The SMILES string of the molecule is CN1CC[C@]23c4c5ccc(O)c4O[C@H]2[C@@H](O)C=C[C@H]3[C@H]1C5.O=C1CC2(CCCC2)CC(=O)N1CCCCN1CCN(c2ncccn2)CC1. The van der Waals surface area contributed by atoms with Crippen molar-refractivity contribution in [3.8, 4) is 11.5 Å². The Kier molecular flexibility index (Phi) is 8.64. The summed E-state index contributed by atoms with van der Waals surface area (Å²) < 4.78 is 6.09. The van der Waals surface area contributed by atoms with E-state index in [1.165, 1.54) is 28.9 Å². The summed E-state index contributed by atoms with van der Waals surface area (Å²) >= 11 is 0. The highest BCUT2D eigenvalue weighted by molar-refractivity contribution is 5.98. The average molecular weight is 671 g/mol. The van der Waals surface area contributed by atoms with E-state index in [-0.39, 0.29) is 34.5 Å². The van der Waals surface area contributed by atoms with Crippen LogP contribution in [-0.4, -0.2) is 118 Å². The predicted molar refractivity (Wildman–Crippen MR) is 184 cm³/mol. The van der Waals surface area contributed by atoms with Crippen LogP contribution in [0.5, 0.6) is 11.5 Å². The minimum Gasteiger partial charge on any atom is -0.504 e. The molecule has 5 heterocycles. The number of aliphatic hydroxyl groups excluding tert-OH is 1. The Morgan fingerprint density at radius 1 is 0.918 bits per heavy atom. The van der Waals surface area contributed by atoms with E-state index < -0.39 is 6.10 Å². The number of nitrogens with zero attached hydrogens (tertiary/aromatic N) is 6. The van der Waals surface area contributed by atoms with E-state index in [0.29, 0.717) is 37.1 Å². The number of benzene rings is 1. The van der Waals surface area contributed by atoms with Gasteiger partial charge in [-0.3, -0.25) is 19.4 Å². The van der Waals surface area contributed by atoms with Crippen LogP contribution in [0.4, 0.5) is 5.95 Å². The lowest BCUT2D eigenvalue weighted by Crippen LogP contribution is -2.64. The van der Waals surface area contributed by atoms with Gasteiger partial charge in [-0.2, -0.15) is 0 Å². The molecule has 7 aliphatic rings. The third-order valence-electron chi connectivity index (χ3n) is 12.8. The van der Waals surface area contributed by atoms with E-state index >= 15 is 0 Å². The molecule has 2 amide bonds. The van der Waals surface area contributed by atoms with Gasteiger partial charge in [-0.1, -0.05) is 31.1 Å². The molecule has 0 unspecified atom stereocenters. The van der Waals surface area contributed by atoms with Crippen molar-refractivity contribution >= 4 is 17.8 Å². The summed E-state index contributed by atoms with van der Waals surface area (Å²) in [6.07, 6.45) is 16.3. The summed E-state index contributed by atoms with van der Waals surface area (Å²) in [5, 5.41) is 20.6. The molecule has 3 aliphatic carbocycles. The lowest BCUT2D eigenvalue weighted by Gasteiger charge is -2.56. The Morgan fingerprint density at radius 2 is 1.63 bits per heavy atom. The van der Waals surface area contributed by atoms with Crippen molar-refractivity contribution in [2.45, 2.75) is 87.9 Å². The smallest absolute Gasteiger partial charge is 0.229 e. The first-order valence-corrected chi connectivity index (χ1v) is 18.4. The molecule has 9 rings (SSSR count). The van der Waals surface area contributed by atoms with Gasteiger partial charge in [0.25, 0.3) is 0 Å². The molecule has 11 nitrogen and oxygen atoms in total. The van der Waals surface area contributed by atoms with Crippen LogP contribution < -0.4 is 9.64 Å². The highest BCUT2D eigenvalue weighted by Gasteiger charge is 2.64. The van der Waals surface area contributed by atoms with E-state index in [4.69, 9.17) is 4.74 Å². The van der Waals surface area contributed by atoms with Gasteiger partial charge < -0.3 is 24.7 Å². The van der Waals surface area contributed by atoms with Gasteiger partial charge in [0.2, 0.25) is 17.8 Å². The number of ether oxygens (including phenoxy) is 1. The number of aliphatic hydroxyl groups is 1. The number of piperazine rings is 1. The second-order valence-corrected chi connectivity index (χ2v) is 15.5. The first-order chi connectivity index (χ1) is 23.8.